The Morgan fingerprint density at radius 2 is 1.43 bits per heavy atom. The van der Waals surface area contributed by atoms with Crippen LogP contribution in [0.25, 0.3) is 43.4 Å². The normalized spacial score (nSPS) is 18.5. The maximum Gasteiger partial charge on any atom is 0.373 e. The van der Waals surface area contributed by atoms with Crippen molar-refractivity contribution in [3.05, 3.63) is 123 Å². The number of aromatic carboxylic acids is 1. The van der Waals surface area contributed by atoms with Crippen molar-refractivity contribution in [1.82, 2.24) is 61.1 Å². The van der Waals surface area contributed by atoms with E-state index in [-0.39, 0.29) is 91.4 Å². The molecule has 5 amide bonds. The van der Waals surface area contributed by atoms with Gasteiger partial charge in [-0.2, -0.15) is 0 Å². The van der Waals surface area contributed by atoms with Crippen LogP contribution in [0.5, 0.6) is 0 Å². The summed E-state index contributed by atoms with van der Waals surface area (Å²) >= 11 is 6.97. The van der Waals surface area contributed by atoms with Crippen molar-refractivity contribution in [3.8, 4) is 43.4 Å². The molecule has 1 unspecified atom stereocenters. The molecular formula is C60H57N13O13S6. The van der Waals surface area contributed by atoms with Crippen molar-refractivity contribution >= 4 is 127 Å². The first-order valence-corrected chi connectivity index (χ1v) is 33.8. The zero-order chi connectivity index (χ0) is 65.1. The summed E-state index contributed by atoms with van der Waals surface area (Å²) in [5.41, 5.74) is 2.31. The Balaban J connectivity index is 0.994. The standard InChI is InChI=1S/C60H57N13O13S6/c1-26(2)32-17-38(74)44-27(3)91-55(71-44)34(18-42(75)61-4)65-49(78)36-23-87-51(67-36)31-15-16-33(53-69-41(25-90-53)73(60-63-19-39(86-60)59(83)84)57(80)29-11-13-30(14-12-29)58(81)82)64-45(31)35-22-88-54(66-35)37-24-89-56(68-37)47(48(77)28-9-7-6-8-10-28)70-43(76)20-62-50(79)46-40(21-85-5)92-52(32)72-46/h6-10,15-16,19,22-26,29-30,32,34,47-48,77H,11-14,17-18,20-21H2,1-5H3,(H,61,75)(H,62,79)(H,65,78)(H,70,76)(H,81,82)(H,83,84)/t29?,30?,32?,34-,47-,48-/m0/s1. The third-order valence-electron chi connectivity index (χ3n) is 15.4. The summed E-state index contributed by atoms with van der Waals surface area (Å²) in [7, 11) is 2.93. The van der Waals surface area contributed by atoms with E-state index in [2.05, 4.69) is 26.3 Å². The molecular weight excluding hydrogens is 1300 g/mol. The van der Waals surface area contributed by atoms with Crippen molar-refractivity contribution < 1.29 is 62.8 Å². The second-order valence-corrected chi connectivity index (χ2v) is 27.6. The van der Waals surface area contributed by atoms with E-state index in [1.165, 1.54) is 36.8 Å². The number of methoxy groups -OCH3 is 1. The molecule has 1 aromatic carbocycles. The average molecular weight is 1360 g/mol. The monoisotopic (exact) mass is 1360 g/mol. The Morgan fingerprint density at radius 1 is 0.739 bits per heavy atom. The van der Waals surface area contributed by atoms with Crippen molar-refractivity contribution in [3.63, 3.8) is 0 Å². The summed E-state index contributed by atoms with van der Waals surface area (Å²) in [5, 5.41) is 51.2. The highest BCUT2D eigenvalue weighted by atomic mass is 32.1. The van der Waals surface area contributed by atoms with Crippen LogP contribution in [0.1, 0.15) is 149 Å². The Labute approximate surface area is 547 Å². The van der Waals surface area contributed by atoms with Crippen molar-refractivity contribution in [1.29, 1.82) is 0 Å². The molecule has 476 valence electrons. The number of amides is 5. The van der Waals surface area contributed by atoms with E-state index in [0.29, 0.717) is 68.0 Å². The second kappa shape index (κ2) is 28.0. The van der Waals surface area contributed by atoms with Crippen LogP contribution >= 0.6 is 68.0 Å². The zero-order valence-corrected chi connectivity index (χ0v) is 54.4. The van der Waals surface area contributed by atoms with Gasteiger partial charge in [-0.25, -0.2) is 49.6 Å². The van der Waals surface area contributed by atoms with Gasteiger partial charge in [-0.15, -0.1) is 68.0 Å². The maximum absolute atomic E-state index is 14.4. The number of Topliss-reactive ketones (excluding diaryl/α,β-unsaturated/α-hetero) is 1. The number of carbonyl (C=O) groups excluding carboxylic acids is 6. The fourth-order valence-corrected chi connectivity index (χ4v) is 16.1. The number of carbonyl (C=O) groups is 8. The number of ether oxygens (including phenoxy) is 1. The quantitative estimate of drug-likeness (QED) is 0.0564. The van der Waals surface area contributed by atoms with Gasteiger partial charge in [-0.1, -0.05) is 44.2 Å². The molecule has 0 spiro atoms. The molecule has 0 radical (unpaired) electrons. The molecule has 4 atom stereocenters. The fraction of sp³-hybridized carbons (Fsp3) is 0.333. The first-order chi connectivity index (χ1) is 44.2. The number of nitrogens with zero attached hydrogens (tertiary/aromatic N) is 9. The van der Waals surface area contributed by atoms with Crippen LogP contribution in [-0.2, 0) is 30.5 Å². The van der Waals surface area contributed by atoms with Gasteiger partial charge in [-0.3, -0.25) is 33.6 Å². The highest BCUT2D eigenvalue weighted by Gasteiger charge is 2.38. The van der Waals surface area contributed by atoms with Gasteiger partial charge in [0, 0.05) is 64.4 Å². The summed E-state index contributed by atoms with van der Waals surface area (Å²) < 4.78 is 11.0. The minimum Gasteiger partial charge on any atom is -0.481 e. The third-order valence-corrected chi connectivity index (χ3v) is 21.1. The minimum atomic E-state index is -1.42. The number of carboxylic acid groups (broad SMARTS) is 2. The predicted octanol–water partition coefficient (Wildman–Crippen LogP) is 9.44. The smallest absolute Gasteiger partial charge is 0.373 e. The van der Waals surface area contributed by atoms with Gasteiger partial charge < -0.3 is 45.7 Å². The molecule has 2 aliphatic rings. The number of hydrogen-bond acceptors (Lipinski definition) is 25. The van der Waals surface area contributed by atoms with Crippen molar-refractivity contribution in [2.24, 2.45) is 17.8 Å². The van der Waals surface area contributed by atoms with E-state index < -0.39 is 89.7 Å². The molecule has 1 aliphatic carbocycles. The molecule has 10 bridgehead atoms. The molecule has 1 aliphatic heterocycles. The molecule has 11 rings (SSSR count). The van der Waals surface area contributed by atoms with Crippen LogP contribution in [0.15, 0.2) is 74.6 Å². The number of aryl methyl sites for hydroxylation is 1. The number of anilines is 2. The van der Waals surface area contributed by atoms with Gasteiger partial charge in [0.2, 0.25) is 23.5 Å². The van der Waals surface area contributed by atoms with Gasteiger partial charge >= 0.3 is 18.0 Å². The second-order valence-electron chi connectivity index (χ2n) is 21.8. The van der Waals surface area contributed by atoms with Gasteiger partial charge in [0.1, 0.15) is 71.3 Å². The Kier molecular flexibility index (Phi) is 19.7. The molecule has 26 nitrogen and oxygen atoms in total. The summed E-state index contributed by atoms with van der Waals surface area (Å²) in [4.78, 5) is 149. The molecule has 1 saturated carbocycles. The number of hydrogen-bond donors (Lipinski definition) is 7. The lowest BCUT2D eigenvalue weighted by atomic mass is 9.81. The van der Waals surface area contributed by atoms with E-state index >= 15 is 0 Å². The molecule has 9 heterocycles. The first kappa shape index (κ1) is 64.8. The lowest BCUT2D eigenvalue weighted by Gasteiger charge is -2.28. The van der Waals surface area contributed by atoms with Gasteiger partial charge in [-0.05, 0) is 56.2 Å². The number of aliphatic carboxylic acids is 1. The predicted molar refractivity (Wildman–Crippen MR) is 342 cm³/mol. The summed E-state index contributed by atoms with van der Waals surface area (Å²) in [5.74, 6) is -8.05. The number of aliphatic hydroxyl groups is 1. The number of fused-ring (bicyclic) bond motifs is 14. The number of rotatable bonds is 13. The molecule has 92 heavy (non-hydrogen) atoms. The number of carboxylic acids is 2. The van der Waals surface area contributed by atoms with Crippen LogP contribution in [-0.4, -0.2) is 123 Å². The molecule has 7 N–H and O–H groups in total. The first-order valence-electron chi connectivity index (χ1n) is 28.7. The van der Waals surface area contributed by atoms with Gasteiger partial charge in [0.15, 0.2) is 11.6 Å². The number of oxazole rings is 1. The molecule has 32 heteroatoms. The Bertz CT molecular complexity index is 4270. The molecule has 9 aromatic rings. The molecule has 0 saturated heterocycles. The number of pyridine rings is 1. The Morgan fingerprint density at radius 3 is 2.15 bits per heavy atom. The lowest BCUT2D eigenvalue weighted by Crippen LogP contribution is -2.40. The number of benzene rings is 1. The molecule has 8 aromatic heterocycles. The van der Waals surface area contributed by atoms with E-state index in [4.69, 9.17) is 44.0 Å². The van der Waals surface area contributed by atoms with Crippen LogP contribution in [0.4, 0.5) is 11.8 Å². The minimum absolute atomic E-state index is 0.00804. The topological polar surface area (TPSA) is 374 Å². The summed E-state index contributed by atoms with van der Waals surface area (Å²) in [6, 6.07) is 9.59. The zero-order valence-electron chi connectivity index (χ0n) is 49.5. The van der Waals surface area contributed by atoms with Gasteiger partial charge in [0.05, 0.1) is 53.3 Å². The van der Waals surface area contributed by atoms with Crippen LogP contribution in [0.2, 0.25) is 0 Å². The Hall–Kier alpha value is -8.76. The number of nitrogens with one attached hydrogen (secondary N) is 4. The SMILES string of the molecule is CNC(=O)C[C@@H]1NC(=O)c2csc(n2)-c2ccc(-c3nc(N(C(=O)C4CCC(C(=O)O)CC4)c4ncc(C(=O)O)o4)cs3)nc2-c2csc(n2)-c2csc(n2)[C@H]([C@@H](O)c2ccccc2)NC(=O)CNC(=O)c2nc(sc2COC)C(C(C)C)CC(=O)c2nc1sc2C. The van der Waals surface area contributed by atoms with Crippen LogP contribution < -0.4 is 26.2 Å². The number of ketones is 1. The van der Waals surface area contributed by atoms with E-state index in [9.17, 15) is 53.7 Å². The summed E-state index contributed by atoms with van der Waals surface area (Å²) in [6.07, 6.45) is 0.336. The van der Waals surface area contributed by atoms with Gasteiger partial charge in [0.25, 0.3) is 11.8 Å². The lowest BCUT2D eigenvalue weighted by molar-refractivity contribution is -0.144. The van der Waals surface area contributed by atoms with Crippen molar-refractivity contribution in [2.45, 2.75) is 90.0 Å². The van der Waals surface area contributed by atoms with E-state index in [1.54, 1.807) is 70.9 Å². The molecule has 1 fully saturated rings. The van der Waals surface area contributed by atoms with Crippen LogP contribution in [0.3, 0.4) is 0 Å². The van der Waals surface area contributed by atoms with E-state index in [1.807, 2.05) is 13.8 Å². The highest BCUT2D eigenvalue weighted by molar-refractivity contribution is 7.15. The van der Waals surface area contributed by atoms with E-state index in [0.717, 1.165) is 56.4 Å². The highest BCUT2D eigenvalue weighted by Crippen LogP contribution is 2.42. The fourth-order valence-electron chi connectivity index (χ4n) is 10.5. The maximum atomic E-state index is 14.4. The largest absolute Gasteiger partial charge is 0.481 e. The number of aliphatic hydroxyl groups excluding tert-OH is 1. The number of thiazole rings is 6. The number of aromatic nitrogens is 8. The van der Waals surface area contributed by atoms with Crippen molar-refractivity contribution in [2.75, 3.05) is 25.6 Å². The third kappa shape index (κ3) is 14.0. The summed E-state index contributed by atoms with van der Waals surface area (Å²) in [6.45, 7) is 5.07. The van der Waals surface area contributed by atoms with Crippen LogP contribution in [0, 0.1) is 24.7 Å². The average Bonchev–Trinajstić information content (AvgIpc) is 1.73.